The van der Waals surface area contributed by atoms with Crippen LogP contribution in [-0.2, 0) is 38.8 Å². The number of unbranched alkanes of at least 4 members (excludes halogenated alkanes) is 22. The molecule has 23 heteroatoms. The summed E-state index contributed by atoms with van der Waals surface area (Å²) >= 11 is 15.7. The summed E-state index contributed by atoms with van der Waals surface area (Å²) in [5.41, 5.74) is 23.8. The Morgan fingerprint density at radius 2 is 0.727 bits per heavy atom. The minimum absolute atomic E-state index is 0. The van der Waals surface area contributed by atoms with E-state index in [1.165, 1.54) is 263 Å². The van der Waals surface area contributed by atoms with Crippen LogP contribution >= 0.6 is 158 Å². The van der Waals surface area contributed by atoms with Crippen LogP contribution in [-0.4, -0.2) is 67.2 Å². The van der Waals surface area contributed by atoms with Gasteiger partial charge in [0.15, 0.2) is 0 Å². The summed E-state index contributed by atoms with van der Waals surface area (Å²) < 4.78 is 16.8. The molecule has 0 amide bonds. The topological polar surface area (TPSA) is 61.4 Å². The summed E-state index contributed by atoms with van der Waals surface area (Å²) in [6.07, 6.45) is 42.2. The molecule has 0 aliphatic rings. The molecular formula is C116H147Br2N6P7S6Sn2+. The van der Waals surface area contributed by atoms with Crippen molar-refractivity contribution in [3.8, 4) is 54.8 Å². The van der Waals surface area contributed by atoms with Crippen LogP contribution in [0.4, 0.5) is 0 Å². The van der Waals surface area contributed by atoms with Gasteiger partial charge in [-0.15, -0.1) is 81.1 Å². The van der Waals surface area contributed by atoms with Gasteiger partial charge < -0.3 is 9.13 Å². The molecule has 0 saturated carbocycles. The first-order chi connectivity index (χ1) is 67.1. The van der Waals surface area contributed by atoms with Crippen LogP contribution in [0.5, 0.6) is 0 Å². The van der Waals surface area contributed by atoms with E-state index < -0.39 is 38.1 Å². The molecule has 0 saturated heterocycles. The van der Waals surface area contributed by atoms with Crippen LogP contribution in [0.3, 0.4) is 0 Å². The van der Waals surface area contributed by atoms with Crippen LogP contribution < -0.4 is 5.79 Å². The number of hydrogen-bond donors (Lipinski definition) is 0. The van der Waals surface area contributed by atoms with Crippen LogP contribution in [0.2, 0.25) is 24.7 Å². The van der Waals surface area contributed by atoms with E-state index in [1.54, 1.807) is 59.5 Å². The Balaban J connectivity index is 0.000000170. The van der Waals surface area contributed by atoms with Crippen LogP contribution in [0.25, 0.3) is 161 Å². The van der Waals surface area contributed by atoms with Crippen molar-refractivity contribution in [2.75, 3.05) is 0 Å². The number of aromatic nitrogens is 6. The molecule has 8 aromatic carbocycles. The summed E-state index contributed by atoms with van der Waals surface area (Å²) in [6.45, 7) is 20.8. The van der Waals surface area contributed by atoms with Crippen molar-refractivity contribution >= 4 is 307 Å². The van der Waals surface area contributed by atoms with Crippen molar-refractivity contribution in [2.24, 2.45) is 0 Å². The van der Waals surface area contributed by atoms with Crippen LogP contribution in [0, 0.1) is 21.3 Å². The molecule has 1 radical (unpaired) electrons. The number of fused-ring (bicyclic) bond motifs is 14. The number of rotatable bonds is 43. The molecule has 6 atom stereocenters. The molecule has 139 heavy (non-hydrogen) atoms. The van der Waals surface area contributed by atoms with E-state index >= 15 is 0 Å². The van der Waals surface area contributed by atoms with Crippen molar-refractivity contribution < 1.29 is 0 Å². The molecule has 0 aliphatic carbocycles. The zero-order valence-corrected chi connectivity index (χ0v) is 106. The molecule has 0 bridgehead atoms. The predicted octanol–water partition coefficient (Wildman–Crippen LogP) is 42.4. The summed E-state index contributed by atoms with van der Waals surface area (Å²) in [6, 6.07) is 62.8. The Morgan fingerprint density at radius 3 is 1.15 bits per heavy atom. The SMILES string of the molecule is CCCCCCCCc1c(CCCCCCCC)c2c[c]([Sn]([CH3])([CH3])[CH3])sc2c2s[c]([Sn]([CH3])[CH3])cc12.CCCCCCCCc1c(CCCCCCCC)c2cc(-c3sc(C)c4nc(-c5ccc6c7ccccc7n(CCCC)c6c5)c(-c5ccccc5)nc34)sc2c2sc(C)cc12.CCCCn1c2ccccc2c2ccc(-c3nc4c(Br)sc(Br)c4nc3-c3ccccc3)cc21.PPP(P)P(P)P.[CH3+]. The monoisotopic (exact) mass is 2430 g/mol. The van der Waals surface area contributed by atoms with Gasteiger partial charge >= 0.3 is 238 Å². The predicted molar refractivity (Wildman–Crippen MR) is 667 cm³/mol. The van der Waals surface area contributed by atoms with Crippen LogP contribution in [0.1, 0.15) is 253 Å². The zero-order chi connectivity index (χ0) is 97.1. The number of benzene rings is 8. The van der Waals surface area contributed by atoms with Gasteiger partial charge in [-0.3, -0.25) is 0 Å². The summed E-state index contributed by atoms with van der Waals surface area (Å²) in [5.74, 6) is 0. The third-order valence-electron chi connectivity index (χ3n) is 27.3. The molecular weight excluding hydrogens is 2280 g/mol. The van der Waals surface area contributed by atoms with E-state index in [0.29, 0.717) is 0 Å². The normalized spacial score (nSPS) is 12.3. The van der Waals surface area contributed by atoms with E-state index in [9.17, 15) is 0 Å². The molecule has 6 unspecified atom stereocenters. The van der Waals surface area contributed by atoms with E-state index in [2.05, 4.69) is 343 Å². The van der Waals surface area contributed by atoms with Gasteiger partial charge in [0, 0.05) is 101 Å². The van der Waals surface area contributed by atoms with E-state index in [-0.39, 0.29) is 21.4 Å². The maximum absolute atomic E-state index is 5.70. The second-order valence-corrected chi connectivity index (χ2v) is 94.0. The van der Waals surface area contributed by atoms with E-state index in [0.717, 1.165) is 121 Å². The molecule has 10 aromatic heterocycles. The standard InChI is InChI=1S/C56H63N3S3.C28H21Br2N3S.C26H36S2.6CH3.H9P7.2Sn/c1-6-9-12-14-16-21-27-41-42(28-22-17-15-13-10-7-2)46-36-49(62-55(46)54-45(41)34-37(4)60-54)56-53-50(38(5)61-56)57-52(51(58-53)39-25-19-18-20-26-39)40-31-32-44-43-29-23-24-30-47(43)59(33-11-8-3)48(44)35-40;1-2-3-15-33-21-12-8-7-11-19(21)20-14-13-18(16-22(20)33)24-23(17-9-5-4-6-10-17)31-25-26(32-24)28(30)34-27(25)29;1-3-5-7-9-11-13-15-21-22(16-14-12-10-8-6-4-2)24-18-20-28-26(24)25-23(21)17-19-27-25;;;;;;;1-5-7(4)6(2)3;;/h18-20,23-26,29-32,34-36H,6-17,21-22,27-28,33H2,1-5H3;4-14,16H,2-3,15H2,1H3;17-18H,3-16H2,1-2H3;6*1H3;5H,1-4H2;;/q;;;;;;;;+1;;;. The van der Waals surface area contributed by atoms with Gasteiger partial charge in [0.05, 0.1) is 44.6 Å². The smallest absolute Gasteiger partial charge is 0.116 e. The minimum Gasteiger partial charge on any atom is -0.340 e. The Labute approximate surface area is 896 Å². The van der Waals surface area contributed by atoms with Gasteiger partial charge in [0.2, 0.25) is 0 Å². The fourth-order valence-electron chi connectivity index (χ4n) is 19.8. The number of nitrogens with zero attached hydrogens (tertiary/aromatic N) is 6. The first kappa shape index (κ1) is 111. The molecule has 0 spiro atoms. The molecule has 18 rings (SSSR count). The number of halogens is 2. The van der Waals surface area contributed by atoms with Crippen molar-refractivity contribution in [3.63, 3.8) is 0 Å². The first-order valence-electron chi connectivity index (χ1n) is 51.3. The minimum atomic E-state index is -2.11. The Morgan fingerprint density at radius 1 is 0.360 bits per heavy atom. The maximum atomic E-state index is 5.70. The molecule has 0 fully saturated rings. The molecule has 6 nitrogen and oxygen atoms in total. The quantitative estimate of drug-likeness (QED) is 0.0165. The number of para-hydroxylation sites is 2. The maximum Gasteiger partial charge on any atom is 0.116 e. The average molecular weight is 2430 g/mol. The molecule has 0 aliphatic heterocycles. The average Bonchev–Trinajstić information content (AvgIpc) is 1.58. The van der Waals surface area contributed by atoms with Gasteiger partial charge in [0.1, 0.15) is 22.1 Å². The zero-order valence-electron chi connectivity index (χ0n) is 84.8. The second kappa shape index (κ2) is 54.2. The molecule has 733 valence electrons. The Bertz CT molecular complexity index is 7110. The molecule has 10 heterocycles. The van der Waals surface area contributed by atoms with E-state index in [4.69, 9.17) is 19.9 Å². The molecule has 18 aromatic rings. The largest absolute Gasteiger partial charge is 0.340 e. The van der Waals surface area contributed by atoms with Gasteiger partial charge in [-0.2, -0.15) is 0 Å². The number of aryl methyl sites for hydroxylation is 8. The van der Waals surface area contributed by atoms with Crippen molar-refractivity contribution in [3.05, 3.63) is 217 Å². The third kappa shape index (κ3) is 27.0. The van der Waals surface area contributed by atoms with Gasteiger partial charge in [-0.1, -0.05) is 234 Å². The number of thiophene rings is 6. The number of hydrogen-bond acceptors (Lipinski definition) is 10. The van der Waals surface area contributed by atoms with Gasteiger partial charge in [-0.25, -0.2) is 19.9 Å². The Kier molecular flexibility index (Phi) is 43.5. The van der Waals surface area contributed by atoms with Gasteiger partial charge in [0.25, 0.3) is 0 Å². The van der Waals surface area contributed by atoms with Gasteiger partial charge in [-0.05, 0) is 157 Å². The van der Waals surface area contributed by atoms with Crippen molar-refractivity contribution in [1.82, 2.24) is 29.1 Å². The van der Waals surface area contributed by atoms with E-state index in [1.807, 2.05) is 40.1 Å². The van der Waals surface area contributed by atoms with Crippen LogP contribution in [0.15, 0.2) is 177 Å². The summed E-state index contributed by atoms with van der Waals surface area (Å²) in [4.78, 5) is 39.8. The summed E-state index contributed by atoms with van der Waals surface area (Å²) in [7, 11) is 12.4. The van der Waals surface area contributed by atoms with Crippen molar-refractivity contribution in [2.45, 2.75) is 299 Å². The second-order valence-electron chi connectivity index (χ2n) is 38.9. The fourth-order valence-corrected chi connectivity index (χ4v) is 53.8. The first-order valence-corrected chi connectivity index (χ1v) is 86.8. The van der Waals surface area contributed by atoms with Crippen molar-refractivity contribution in [1.29, 1.82) is 0 Å². The molecule has 0 N–H and O–H groups in total. The fraction of sp³-hybridized carbons (Fsp3) is 0.405. The Hall–Kier alpha value is -3.28. The third-order valence-corrected chi connectivity index (χ3v) is 82.3. The summed E-state index contributed by atoms with van der Waals surface area (Å²) in [5, 5.41) is 11.6.